The van der Waals surface area contributed by atoms with Crippen molar-refractivity contribution in [2.75, 3.05) is 19.5 Å². The van der Waals surface area contributed by atoms with Crippen molar-refractivity contribution >= 4 is 21.6 Å². The Kier molecular flexibility index (Phi) is 5.12. The van der Waals surface area contributed by atoms with E-state index in [0.29, 0.717) is 6.54 Å². The first-order valence-corrected chi connectivity index (χ1v) is 7.56. The summed E-state index contributed by atoms with van der Waals surface area (Å²) in [4.78, 5) is 0. The van der Waals surface area contributed by atoms with Gasteiger partial charge in [-0.05, 0) is 48.7 Å². The molecule has 0 saturated heterocycles. The Morgan fingerprint density at radius 2 is 1.71 bits per heavy atom. The summed E-state index contributed by atoms with van der Waals surface area (Å²) in [5.41, 5.74) is 4.82. The molecule has 0 aromatic heterocycles. The number of nitrogens with one attached hydrogen (secondary N) is 1. The molecule has 0 aliphatic rings. The molecule has 2 rings (SSSR count). The maximum Gasteiger partial charge on any atom is 0.161 e. The van der Waals surface area contributed by atoms with Gasteiger partial charge in [0.1, 0.15) is 0 Å². The molecule has 1 N–H and O–H groups in total. The zero-order valence-electron chi connectivity index (χ0n) is 12.8. The van der Waals surface area contributed by atoms with Crippen LogP contribution in [0.3, 0.4) is 0 Å². The highest BCUT2D eigenvalue weighted by molar-refractivity contribution is 9.10. The Labute approximate surface area is 134 Å². The van der Waals surface area contributed by atoms with Gasteiger partial charge in [-0.2, -0.15) is 0 Å². The van der Waals surface area contributed by atoms with Crippen molar-refractivity contribution in [2.24, 2.45) is 0 Å². The molecule has 0 aliphatic heterocycles. The van der Waals surface area contributed by atoms with E-state index in [1.807, 2.05) is 12.1 Å². The molecule has 0 amide bonds. The normalized spacial score (nSPS) is 10.3. The standard InChI is InChI=1S/C17H20BrNO2/c1-11-6-5-7-15(12(11)2)19-10-13-8-16(20-3)17(21-4)9-14(13)18/h5-9,19H,10H2,1-4H3. The zero-order valence-corrected chi connectivity index (χ0v) is 14.4. The summed E-state index contributed by atoms with van der Waals surface area (Å²) < 4.78 is 11.6. The highest BCUT2D eigenvalue weighted by Crippen LogP contribution is 2.33. The Balaban J connectivity index is 2.22. The van der Waals surface area contributed by atoms with E-state index in [1.165, 1.54) is 11.1 Å². The first kappa shape index (κ1) is 15.7. The number of ether oxygens (including phenoxy) is 2. The minimum Gasteiger partial charge on any atom is -0.493 e. The predicted molar refractivity (Wildman–Crippen MR) is 90.5 cm³/mol. The maximum atomic E-state index is 5.35. The van der Waals surface area contributed by atoms with Gasteiger partial charge in [0.05, 0.1) is 14.2 Å². The monoisotopic (exact) mass is 349 g/mol. The zero-order chi connectivity index (χ0) is 15.4. The average molecular weight is 350 g/mol. The third-order valence-electron chi connectivity index (χ3n) is 3.63. The lowest BCUT2D eigenvalue weighted by Gasteiger charge is -2.15. The smallest absolute Gasteiger partial charge is 0.161 e. The molecule has 0 fully saturated rings. The number of aryl methyl sites for hydroxylation is 1. The minimum absolute atomic E-state index is 0.714. The van der Waals surface area contributed by atoms with Crippen molar-refractivity contribution in [3.63, 3.8) is 0 Å². The molecule has 0 bridgehead atoms. The molecule has 0 aliphatic carbocycles. The molecule has 0 unspecified atom stereocenters. The van der Waals surface area contributed by atoms with Crippen LogP contribution in [0.15, 0.2) is 34.8 Å². The highest BCUT2D eigenvalue weighted by atomic mass is 79.9. The number of rotatable bonds is 5. The number of anilines is 1. The van der Waals surface area contributed by atoms with Crippen LogP contribution in [-0.4, -0.2) is 14.2 Å². The molecule has 0 spiro atoms. The quantitative estimate of drug-likeness (QED) is 0.848. The van der Waals surface area contributed by atoms with Crippen LogP contribution in [-0.2, 0) is 6.54 Å². The van der Waals surface area contributed by atoms with Crippen molar-refractivity contribution in [1.82, 2.24) is 0 Å². The molecule has 112 valence electrons. The largest absolute Gasteiger partial charge is 0.493 e. The summed E-state index contributed by atoms with van der Waals surface area (Å²) >= 11 is 3.58. The molecular weight excluding hydrogens is 330 g/mol. The van der Waals surface area contributed by atoms with Gasteiger partial charge in [-0.1, -0.05) is 28.1 Å². The molecule has 21 heavy (non-hydrogen) atoms. The molecule has 0 saturated carbocycles. The molecule has 2 aromatic rings. The Morgan fingerprint density at radius 1 is 1.05 bits per heavy atom. The summed E-state index contributed by atoms with van der Waals surface area (Å²) in [5, 5.41) is 3.47. The fourth-order valence-corrected chi connectivity index (χ4v) is 2.63. The number of hydrogen-bond donors (Lipinski definition) is 1. The Hall–Kier alpha value is -1.68. The molecule has 3 nitrogen and oxygen atoms in total. The number of halogens is 1. The maximum absolute atomic E-state index is 5.35. The van der Waals surface area contributed by atoms with Gasteiger partial charge in [0.2, 0.25) is 0 Å². The van der Waals surface area contributed by atoms with E-state index in [-0.39, 0.29) is 0 Å². The predicted octanol–water partition coefficient (Wildman–Crippen LogP) is 4.70. The van der Waals surface area contributed by atoms with Gasteiger partial charge in [0.15, 0.2) is 11.5 Å². The summed E-state index contributed by atoms with van der Waals surface area (Å²) in [6, 6.07) is 10.2. The third-order valence-corrected chi connectivity index (χ3v) is 4.36. The van der Waals surface area contributed by atoms with E-state index in [1.54, 1.807) is 14.2 Å². The summed E-state index contributed by atoms with van der Waals surface area (Å²) in [6.07, 6.45) is 0. The SMILES string of the molecule is COc1cc(Br)c(CNc2cccc(C)c2C)cc1OC. The topological polar surface area (TPSA) is 30.5 Å². The van der Waals surface area contributed by atoms with Crippen molar-refractivity contribution in [3.8, 4) is 11.5 Å². The molecule has 0 atom stereocenters. The van der Waals surface area contributed by atoms with Crippen LogP contribution in [0.2, 0.25) is 0 Å². The van der Waals surface area contributed by atoms with Gasteiger partial charge in [-0.3, -0.25) is 0 Å². The van der Waals surface area contributed by atoms with Gasteiger partial charge in [0, 0.05) is 16.7 Å². The summed E-state index contributed by atoms with van der Waals surface area (Å²) in [7, 11) is 3.28. The van der Waals surface area contributed by atoms with Crippen molar-refractivity contribution in [1.29, 1.82) is 0 Å². The molecule has 0 heterocycles. The van der Waals surface area contributed by atoms with Crippen LogP contribution in [0.5, 0.6) is 11.5 Å². The fourth-order valence-electron chi connectivity index (χ4n) is 2.16. The van der Waals surface area contributed by atoms with Gasteiger partial charge < -0.3 is 14.8 Å². The highest BCUT2D eigenvalue weighted by Gasteiger charge is 2.10. The minimum atomic E-state index is 0.714. The lowest BCUT2D eigenvalue weighted by atomic mass is 10.1. The van der Waals surface area contributed by atoms with Gasteiger partial charge in [-0.15, -0.1) is 0 Å². The molecular formula is C17H20BrNO2. The molecule has 4 heteroatoms. The van der Waals surface area contributed by atoms with Gasteiger partial charge in [0.25, 0.3) is 0 Å². The second-order valence-electron chi connectivity index (χ2n) is 4.90. The second kappa shape index (κ2) is 6.85. The van der Waals surface area contributed by atoms with Gasteiger partial charge in [-0.25, -0.2) is 0 Å². The first-order chi connectivity index (χ1) is 10.1. The fraction of sp³-hybridized carbons (Fsp3) is 0.294. The van der Waals surface area contributed by atoms with Crippen molar-refractivity contribution < 1.29 is 9.47 Å². The number of methoxy groups -OCH3 is 2. The van der Waals surface area contributed by atoms with Crippen LogP contribution in [0, 0.1) is 13.8 Å². The second-order valence-corrected chi connectivity index (χ2v) is 5.75. The van der Waals surface area contributed by atoms with Crippen LogP contribution in [0.1, 0.15) is 16.7 Å². The van der Waals surface area contributed by atoms with E-state index in [0.717, 1.165) is 27.2 Å². The summed E-state index contributed by atoms with van der Waals surface area (Å²) in [6.45, 7) is 4.96. The van der Waals surface area contributed by atoms with Gasteiger partial charge >= 0.3 is 0 Å². The molecule has 0 radical (unpaired) electrons. The first-order valence-electron chi connectivity index (χ1n) is 6.77. The summed E-state index contributed by atoms with van der Waals surface area (Å²) in [5.74, 6) is 1.46. The lowest BCUT2D eigenvalue weighted by Crippen LogP contribution is -2.03. The number of hydrogen-bond acceptors (Lipinski definition) is 3. The van der Waals surface area contributed by atoms with E-state index < -0.39 is 0 Å². The molecule has 2 aromatic carbocycles. The Bertz CT molecular complexity index is 641. The van der Waals surface area contributed by atoms with Crippen molar-refractivity contribution in [2.45, 2.75) is 20.4 Å². The van der Waals surface area contributed by atoms with Crippen LogP contribution >= 0.6 is 15.9 Å². The van der Waals surface area contributed by atoms with E-state index in [9.17, 15) is 0 Å². The number of benzene rings is 2. The van der Waals surface area contributed by atoms with E-state index in [2.05, 4.69) is 53.3 Å². The third kappa shape index (κ3) is 3.50. The van der Waals surface area contributed by atoms with Crippen LogP contribution < -0.4 is 14.8 Å². The average Bonchev–Trinajstić information content (AvgIpc) is 2.49. The van der Waals surface area contributed by atoms with E-state index in [4.69, 9.17) is 9.47 Å². The van der Waals surface area contributed by atoms with Crippen LogP contribution in [0.25, 0.3) is 0 Å². The lowest BCUT2D eigenvalue weighted by molar-refractivity contribution is 0.354. The van der Waals surface area contributed by atoms with Crippen LogP contribution in [0.4, 0.5) is 5.69 Å². The Morgan fingerprint density at radius 3 is 2.38 bits per heavy atom. The van der Waals surface area contributed by atoms with Crippen molar-refractivity contribution in [3.05, 3.63) is 51.5 Å². The van der Waals surface area contributed by atoms with E-state index >= 15 is 0 Å².